The van der Waals surface area contributed by atoms with Crippen molar-refractivity contribution in [2.75, 3.05) is 41.8 Å². The first kappa shape index (κ1) is 25.4. The molecule has 0 saturated carbocycles. The monoisotopic (exact) mass is 530 g/mol. The molecule has 9 nitrogen and oxygen atoms in total. The van der Waals surface area contributed by atoms with Gasteiger partial charge in [0, 0.05) is 31.0 Å². The number of hydrogen-bond donors (Lipinski definition) is 3. The van der Waals surface area contributed by atoms with E-state index in [9.17, 15) is 26.7 Å². The molecule has 2 aromatic heterocycles. The molecule has 3 heterocycles. The molecule has 1 aliphatic heterocycles. The summed E-state index contributed by atoms with van der Waals surface area (Å²) in [5.74, 6) is -2.08. The number of benzene rings is 1. The molecule has 1 aliphatic rings. The van der Waals surface area contributed by atoms with Crippen LogP contribution in [0.5, 0.6) is 5.75 Å². The van der Waals surface area contributed by atoms with Gasteiger partial charge in [0.1, 0.15) is 16.3 Å². The third-order valence-electron chi connectivity index (χ3n) is 5.04. The van der Waals surface area contributed by atoms with Crippen LogP contribution in [0.1, 0.15) is 15.2 Å². The van der Waals surface area contributed by atoms with Crippen LogP contribution in [0, 0.1) is 0 Å². The Morgan fingerprint density at radius 2 is 1.92 bits per heavy atom. The van der Waals surface area contributed by atoms with E-state index in [1.165, 1.54) is 23.6 Å². The van der Waals surface area contributed by atoms with Gasteiger partial charge < -0.3 is 30.7 Å². The van der Waals surface area contributed by atoms with Crippen molar-refractivity contribution in [1.82, 2.24) is 9.97 Å². The van der Waals surface area contributed by atoms with Crippen molar-refractivity contribution >= 4 is 46.1 Å². The Balaban J connectivity index is 1.67. The molecule has 0 spiro atoms. The maximum Gasteiger partial charge on any atom is 0.421 e. The minimum absolute atomic E-state index is 0.00238. The van der Waals surface area contributed by atoms with Gasteiger partial charge in [-0.2, -0.15) is 26.9 Å². The Kier molecular flexibility index (Phi) is 7.40. The Labute approximate surface area is 205 Å². The van der Waals surface area contributed by atoms with E-state index < -0.39 is 30.1 Å². The molecule has 36 heavy (non-hydrogen) atoms. The van der Waals surface area contributed by atoms with E-state index in [4.69, 9.17) is 10.5 Å². The number of carbonyl (C=O) groups excluding carboxylic acids is 1. The van der Waals surface area contributed by atoms with E-state index in [1.54, 1.807) is 6.07 Å². The van der Waals surface area contributed by atoms with E-state index in [0.717, 1.165) is 11.3 Å². The minimum Gasteiger partial charge on any atom is -0.433 e. The number of hydrogen-bond acceptors (Lipinski definition) is 9. The summed E-state index contributed by atoms with van der Waals surface area (Å²) >= 11 is 0.941. The van der Waals surface area contributed by atoms with E-state index in [0.29, 0.717) is 38.2 Å². The summed E-state index contributed by atoms with van der Waals surface area (Å²) in [6.07, 6.45) is -4.29. The van der Waals surface area contributed by atoms with Crippen LogP contribution in [-0.2, 0) is 10.9 Å². The lowest BCUT2D eigenvalue weighted by Gasteiger charge is -2.29. The number of primary amides is 1. The third kappa shape index (κ3) is 5.91. The zero-order valence-corrected chi connectivity index (χ0v) is 19.1. The van der Waals surface area contributed by atoms with E-state index >= 15 is 0 Å². The summed E-state index contributed by atoms with van der Waals surface area (Å²) < 4.78 is 76.8. The van der Waals surface area contributed by atoms with Crippen LogP contribution in [0.15, 0.2) is 35.8 Å². The Morgan fingerprint density at radius 1 is 1.17 bits per heavy atom. The SMILES string of the molecule is NC(=O)c1sccc1Nc1nc(Nc2ccc(N3CCOCC3)cc2OC(F)F)ncc1C(F)(F)F. The third-order valence-corrected chi connectivity index (χ3v) is 5.97. The Bertz CT molecular complexity index is 1230. The summed E-state index contributed by atoms with van der Waals surface area (Å²) in [6, 6.07) is 5.83. The first-order valence-electron chi connectivity index (χ1n) is 10.4. The fourth-order valence-corrected chi connectivity index (χ4v) is 4.12. The number of carbonyl (C=O) groups is 1. The number of ether oxygens (including phenoxy) is 2. The summed E-state index contributed by atoms with van der Waals surface area (Å²) in [6.45, 7) is -1.10. The molecule has 4 N–H and O–H groups in total. The van der Waals surface area contributed by atoms with Crippen LogP contribution < -0.4 is 26.0 Å². The first-order chi connectivity index (χ1) is 17.1. The van der Waals surface area contributed by atoms with Gasteiger partial charge in [-0.05, 0) is 23.6 Å². The van der Waals surface area contributed by atoms with Crippen LogP contribution in [0.25, 0.3) is 0 Å². The molecule has 0 unspecified atom stereocenters. The second-order valence-electron chi connectivity index (χ2n) is 7.39. The molecule has 15 heteroatoms. The molecular formula is C21H19F5N6O3S. The van der Waals surface area contributed by atoms with E-state index in [2.05, 4.69) is 25.3 Å². The lowest BCUT2D eigenvalue weighted by atomic mass is 10.2. The van der Waals surface area contributed by atoms with Crippen molar-refractivity contribution in [2.45, 2.75) is 12.8 Å². The van der Waals surface area contributed by atoms with Crippen LogP contribution in [-0.4, -0.2) is 48.8 Å². The Morgan fingerprint density at radius 3 is 2.58 bits per heavy atom. The number of amides is 1. The fourth-order valence-electron chi connectivity index (χ4n) is 3.42. The van der Waals surface area contributed by atoms with Gasteiger partial charge in [0.25, 0.3) is 5.91 Å². The molecule has 0 bridgehead atoms. The molecule has 4 rings (SSSR count). The van der Waals surface area contributed by atoms with Gasteiger partial charge in [0.15, 0.2) is 5.75 Å². The van der Waals surface area contributed by atoms with Crippen molar-refractivity contribution in [3.8, 4) is 5.75 Å². The normalized spacial score (nSPS) is 14.1. The number of alkyl halides is 5. The topological polar surface area (TPSA) is 115 Å². The molecule has 0 radical (unpaired) electrons. The number of thiophene rings is 1. The van der Waals surface area contributed by atoms with Crippen LogP contribution in [0.4, 0.5) is 50.8 Å². The zero-order chi connectivity index (χ0) is 25.9. The van der Waals surface area contributed by atoms with Crippen LogP contribution in [0.2, 0.25) is 0 Å². The van der Waals surface area contributed by atoms with Gasteiger partial charge >= 0.3 is 12.8 Å². The van der Waals surface area contributed by atoms with Gasteiger partial charge in [-0.3, -0.25) is 4.79 Å². The quantitative estimate of drug-likeness (QED) is 0.363. The molecule has 0 atom stereocenters. The predicted octanol–water partition coefficient (Wildman–Crippen LogP) is 4.58. The van der Waals surface area contributed by atoms with Crippen molar-refractivity contribution in [3.05, 3.63) is 46.3 Å². The highest BCUT2D eigenvalue weighted by Gasteiger charge is 2.36. The summed E-state index contributed by atoms with van der Waals surface area (Å²) in [5.41, 5.74) is 4.70. The van der Waals surface area contributed by atoms with Gasteiger partial charge in [-0.25, -0.2) is 4.98 Å². The summed E-state index contributed by atoms with van der Waals surface area (Å²) in [4.78, 5) is 21.0. The Hall–Kier alpha value is -3.72. The van der Waals surface area contributed by atoms with E-state index in [1.807, 2.05) is 4.90 Å². The number of morpholine rings is 1. The molecular weight excluding hydrogens is 511 g/mol. The molecule has 1 saturated heterocycles. The van der Waals surface area contributed by atoms with Crippen molar-refractivity contribution in [3.63, 3.8) is 0 Å². The fraction of sp³-hybridized carbons (Fsp3) is 0.286. The molecule has 1 amide bonds. The van der Waals surface area contributed by atoms with Crippen molar-refractivity contribution < 1.29 is 36.2 Å². The molecule has 192 valence electrons. The van der Waals surface area contributed by atoms with Crippen LogP contribution in [0.3, 0.4) is 0 Å². The average Bonchev–Trinajstić information content (AvgIpc) is 3.28. The number of nitrogens with two attached hydrogens (primary N) is 1. The summed E-state index contributed by atoms with van der Waals surface area (Å²) in [5, 5.41) is 6.56. The number of halogens is 5. The minimum atomic E-state index is -4.83. The largest absolute Gasteiger partial charge is 0.433 e. The van der Waals surface area contributed by atoms with Crippen molar-refractivity contribution in [1.29, 1.82) is 0 Å². The second-order valence-corrected chi connectivity index (χ2v) is 8.31. The molecule has 1 aromatic carbocycles. The number of aromatic nitrogens is 2. The maximum absolute atomic E-state index is 13.6. The number of nitrogens with zero attached hydrogens (tertiary/aromatic N) is 3. The standard InChI is InChI=1S/C21H19F5N6O3S/c22-19(23)35-15-9-11(32-4-6-34-7-5-32)1-2-13(15)30-20-28-10-12(21(24,25)26)18(31-20)29-14-3-8-36-16(14)17(27)33/h1-3,8-10,19H,4-7H2,(H2,27,33)(H2,28,29,30,31). The lowest BCUT2D eigenvalue weighted by Crippen LogP contribution is -2.36. The lowest BCUT2D eigenvalue weighted by molar-refractivity contribution is -0.137. The summed E-state index contributed by atoms with van der Waals surface area (Å²) in [7, 11) is 0. The average molecular weight is 530 g/mol. The van der Waals surface area contributed by atoms with Gasteiger partial charge in [-0.1, -0.05) is 0 Å². The maximum atomic E-state index is 13.6. The molecule has 3 aromatic rings. The number of anilines is 5. The highest BCUT2D eigenvalue weighted by atomic mass is 32.1. The predicted molar refractivity (Wildman–Crippen MR) is 123 cm³/mol. The highest BCUT2D eigenvalue weighted by Crippen LogP contribution is 2.38. The first-order valence-corrected chi connectivity index (χ1v) is 11.3. The van der Waals surface area contributed by atoms with Gasteiger partial charge in [-0.15, -0.1) is 11.3 Å². The smallest absolute Gasteiger partial charge is 0.421 e. The van der Waals surface area contributed by atoms with Gasteiger partial charge in [0.05, 0.1) is 24.6 Å². The highest BCUT2D eigenvalue weighted by molar-refractivity contribution is 7.12. The number of nitrogens with one attached hydrogen (secondary N) is 2. The van der Waals surface area contributed by atoms with Crippen molar-refractivity contribution in [2.24, 2.45) is 5.73 Å². The molecule has 1 fully saturated rings. The number of rotatable bonds is 8. The van der Waals surface area contributed by atoms with Gasteiger partial charge in [0.2, 0.25) is 5.95 Å². The molecule has 0 aliphatic carbocycles. The van der Waals surface area contributed by atoms with Crippen LogP contribution >= 0.6 is 11.3 Å². The zero-order valence-electron chi connectivity index (χ0n) is 18.3. The second kappa shape index (κ2) is 10.5. The van der Waals surface area contributed by atoms with E-state index in [-0.39, 0.29) is 27.9 Å².